The lowest BCUT2D eigenvalue weighted by Crippen LogP contribution is -2.22. The van der Waals surface area contributed by atoms with Gasteiger partial charge in [-0.25, -0.2) is 4.98 Å². The van der Waals surface area contributed by atoms with E-state index in [2.05, 4.69) is 10.3 Å². The second kappa shape index (κ2) is 5.60. The van der Waals surface area contributed by atoms with Crippen molar-refractivity contribution in [3.05, 3.63) is 18.3 Å². The molecule has 15 heavy (non-hydrogen) atoms. The van der Waals surface area contributed by atoms with Crippen LogP contribution in [-0.4, -0.2) is 22.9 Å². The van der Waals surface area contributed by atoms with E-state index in [1.165, 1.54) is 0 Å². The number of anilines is 2. The van der Waals surface area contributed by atoms with E-state index in [0.717, 1.165) is 5.75 Å². The number of hydrogen-bond acceptors (Lipinski definition) is 4. The Kier molecular flexibility index (Phi) is 4.42. The first-order valence-electron chi connectivity index (χ1n) is 4.65. The summed E-state index contributed by atoms with van der Waals surface area (Å²) in [5.41, 5.74) is 6.12. The van der Waals surface area contributed by atoms with Crippen molar-refractivity contribution in [1.29, 1.82) is 0 Å². The smallest absolute Gasteiger partial charge is 0.228 e. The monoisotopic (exact) mass is 225 g/mol. The third-order valence-electron chi connectivity index (χ3n) is 1.92. The molecule has 0 aliphatic carbocycles. The second-order valence-electron chi connectivity index (χ2n) is 3.32. The Morgan fingerprint density at radius 3 is 2.93 bits per heavy atom. The van der Waals surface area contributed by atoms with Gasteiger partial charge in [0.2, 0.25) is 5.91 Å². The zero-order valence-electron chi connectivity index (χ0n) is 8.86. The minimum atomic E-state index is -0.00227. The van der Waals surface area contributed by atoms with Gasteiger partial charge in [-0.15, -0.1) is 0 Å². The average Bonchev–Trinajstić information content (AvgIpc) is 2.22. The molecule has 1 aromatic rings. The maximum atomic E-state index is 11.6. The van der Waals surface area contributed by atoms with Gasteiger partial charge in [0.1, 0.15) is 5.82 Å². The molecule has 82 valence electrons. The molecule has 0 radical (unpaired) electrons. The zero-order valence-corrected chi connectivity index (χ0v) is 9.67. The summed E-state index contributed by atoms with van der Waals surface area (Å²) in [6.07, 6.45) is 3.54. The minimum Gasteiger partial charge on any atom is -0.384 e. The van der Waals surface area contributed by atoms with Gasteiger partial charge in [-0.05, 0) is 18.4 Å². The maximum absolute atomic E-state index is 11.6. The Balaban J connectivity index is 2.54. The number of nitrogens with two attached hydrogens (primary N) is 1. The third-order valence-corrected chi connectivity index (χ3v) is 2.75. The number of amides is 1. The summed E-state index contributed by atoms with van der Waals surface area (Å²) in [5.74, 6) is 1.27. The molecule has 1 heterocycles. The highest BCUT2D eigenvalue weighted by atomic mass is 32.2. The van der Waals surface area contributed by atoms with Gasteiger partial charge in [0.15, 0.2) is 0 Å². The summed E-state index contributed by atoms with van der Waals surface area (Å²) in [4.78, 5) is 15.5. The van der Waals surface area contributed by atoms with Gasteiger partial charge in [-0.1, -0.05) is 6.92 Å². The van der Waals surface area contributed by atoms with Crippen LogP contribution >= 0.6 is 11.8 Å². The molecule has 1 unspecified atom stereocenters. The largest absolute Gasteiger partial charge is 0.384 e. The van der Waals surface area contributed by atoms with Crippen molar-refractivity contribution < 1.29 is 4.79 Å². The van der Waals surface area contributed by atoms with Gasteiger partial charge < -0.3 is 11.1 Å². The van der Waals surface area contributed by atoms with Gasteiger partial charge in [-0.3, -0.25) is 4.79 Å². The van der Waals surface area contributed by atoms with Crippen molar-refractivity contribution in [1.82, 2.24) is 4.98 Å². The first-order chi connectivity index (χ1) is 7.13. The Morgan fingerprint density at radius 2 is 2.40 bits per heavy atom. The molecular weight excluding hydrogens is 210 g/mol. The predicted molar refractivity (Wildman–Crippen MR) is 64.8 cm³/mol. The molecule has 1 amide bonds. The third kappa shape index (κ3) is 3.79. The summed E-state index contributed by atoms with van der Waals surface area (Å²) in [6.45, 7) is 1.90. The van der Waals surface area contributed by atoms with E-state index in [0.29, 0.717) is 11.5 Å². The van der Waals surface area contributed by atoms with Crippen LogP contribution in [0.4, 0.5) is 11.5 Å². The molecular formula is C10H15N3OS. The first kappa shape index (κ1) is 11.8. The minimum absolute atomic E-state index is 0.00227. The van der Waals surface area contributed by atoms with Crippen LogP contribution < -0.4 is 11.1 Å². The summed E-state index contributed by atoms with van der Waals surface area (Å²) in [5, 5.41) is 2.78. The topological polar surface area (TPSA) is 68.0 Å². The Labute approximate surface area is 93.7 Å². The van der Waals surface area contributed by atoms with E-state index >= 15 is 0 Å². The van der Waals surface area contributed by atoms with Gasteiger partial charge in [0.05, 0.1) is 11.9 Å². The van der Waals surface area contributed by atoms with Gasteiger partial charge in [0.25, 0.3) is 0 Å². The number of rotatable bonds is 4. The quantitative estimate of drug-likeness (QED) is 0.816. The summed E-state index contributed by atoms with van der Waals surface area (Å²) in [7, 11) is 0. The van der Waals surface area contributed by atoms with Crippen molar-refractivity contribution in [2.45, 2.75) is 6.92 Å². The fourth-order valence-electron chi connectivity index (χ4n) is 1.07. The molecule has 0 spiro atoms. The molecule has 0 aliphatic heterocycles. The highest BCUT2D eigenvalue weighted by Crippen LogP contribution is 2.11. The molecule has 0 aliphatic rings. The normalized spacial score (nSPS) is 12.1. The molecule has 3 N–H and O–H groups in total. The standard InChI is InChI=1S/C10H15N3OS/c1-7(6-15-2)10(14)13-8-3-4-9(11)12-5-8/h3-5,7H,6H2,1-2H3,(H2,11,12)(H,13,14). The predicted octanol–water partition coefficient (Wildman–Crippen LogP) is 1.60. The number of pyridine rings is 1. The molecule has 0 saturated heterocycles. The fourth-order valence-corrected chi connectivity index (χ4v) is 1.72. The number of thioether (sulfide) groups is 1. The molecule has 4 nitrogen and oxygen atoms in total. The lowest BCUT2D eigenvalue weighted by Gasteiger charge is -2.10. The molecule has 0 bridgehead atoms. The molecule has 1 atom stereocenters. The van der Waals surface area contributed by atoms with Crippen LogP contribution in [0.25, 0.3) is 0 Å². The lowest BCUT2D eigenvalue weighted by atomic mass is 10.2. The van der Waals surface area contributed by atoms with Gasteiger partial charge in [-0.2, -0.15) is 11.8 Å². The molecule has 1 aromatic heterocycles. The Morgan fingerprint density at radius 1 is 1.67 bits per heavy atom. The van der Waals surface area contributed by atoms with Crippen LogP contribution in [0.1, 0.15) is 6.92 Å². The van der Waals surface area contributed by atoms with E-state index in [4.69, 9.17) is 5.73 Å². The van der Waals surface area contributed by atoms with Crippen molar-refractivity contribution in [2.75, 3.05) is 23.1 Å². The SMILES string of the molecule is CSCC(C)C(=O)Nc1ccc(N)nc1. The number of aromatic nitrogens is 1. The van der Waals surface area contributed by atoms with E-state index in [1.807, 2.05) is 13.2 Å². The zero-order chi connectivity index (χ0) is 11.3. The van der Waals surface area contributed by atoms with Crippen LogP contribution in [0.15, 0.2) is 18.3 Å². The summed E-state index contributed by atoms with van der Waals surface area (Å²) in [6, 6.07) is 3.40. The van der Waals surface area contributed by atoms with Gasteiger partial charge >= 0.3 is 0 Å². The number of carbonyl (C=O) groups is 1. The first-order valence-corrected chi connectivity index (χ1v) is 6.04. The van der Waals surface area contributed by atoms with Crippen molar-refractivity contribution in [3.63, 3.8) is 0 Å². The van der Waals surface area contributed by atoms with E-state index in [9.17, 15) is 4.79 Å². The Hall–Kier alpha value is -1.23. The Bertz CT molecular complexity index is 326. The number of nitrogen functional groups attached to an aromatic ring is 1. The maximum Gasteiger partial charge on any atom is 0.228 e. The number of nitrogens with one attached hydrogen (secondary N) is 1. The van der Waals surface area contributed by atoms with Crippen molar-refractivity contribution in [3.8, 4) is 0 Å². The van der Waals surface area contributed by atoms with Crippen LogP contribution in [0.3, 0.4) is 0 Å². The van der Waals surface area contributed by atoms with E-state index in [-0.39, 0.29) is 11.8 Å². The van der Waals surface area contributed by atoms with E-state index < -0.39 is 0 Å². The van der Waals surface area contributed by atoms with Gasteiger partial charge in [0, 0.05) is 11.7 Å². The highest BCUT2D eigenvalue weighted by molar-refractivity contribution is 7.98. The number of hydrogen-bond donors (Lipinski definition) is 2. The summed E-state index contributed by atoms with van der Waals surface area (Å²) < 4.78 is 0. The van der Waals surface area contributed by atoms with Crippen LogP contribution in [0, 0.1) is 5.92 Å². The van der Waals surface area contributed by atoms with Crippen LogP contribution in [-0.2, 0) is 4.79 Å². The average molecular weight is 225 g/mol. The lowest BCUT2D eigenvalue weighted by molar-refractivity contribution is -0.118. The van der Waals surface area contributed by atoms with Crippen LogP contribution in [0.2, 0.25) is 0 Å². The van der Waals surface area contributed by atoms with Crippen molar-refractivity contribution in [2.24, 2.45) is 5.92 Å². The number of nitrogens with zero attached hydrogens (tertiary/aromatic N) is 1. The molecule has 5 heteroatoms. The molecule has 0 fully saturated rings. The summed E-state index contributed by atoms with van der Waals surface area (Å²) >= 11 is 1.65. The number of carbonyl (C=O) groups excluding carboxylic acids is 1. The fraction of sp³-hybridized carbons (Fsp3) is 0.400. The van der Waals surface area contributed by atoms with Crippen molar-refractivity contribution >= 4 is 29.2 Å². The molecule has 0 aromatic carbocycles. The molecule has 1 rings (SSSR count). The van der Waals surface area contributed by atoms with E-state index in [1.54, 1.807) is 30.1 Å². The van der Waals surface area contributed by atoms with Crippen LogP contribution in [0.5, 0.6) is 0 Å². The molecule has 0 saturated carbocycles. The second-order valence-corrected chi connectivity index (χ2v) is 4.23. The highest BCUT2D eigenvalue weighted by Gasteiger charge is 2.11.